The van der Waals surface area contributed by atoms with Crippen molar-refractivity contribution in [3.63, 3.8) is 0 Å². The highest BCUT2D eigenvalue weighted by Gasteiger charge is 2.23. The number of para-hydroxylation sites is 1. The Morgan fingerprint density at radius 3 is 2.27 bits per heavy atom. The Balaban J connectivity index is 1.66. The summed E-state index contributed by atoms with van der Waals surface area (Å²) in [6.45, 7) is 7.77. The number of hydrogen-bond donors (Lipinski definition) is 0. The second-order valence-electron chi connectivity index (χ2n) is 7.69. The second-order valence-corrected chi connectivity index (χ2v) is 8.56. The number of carbonyl (C=O) groups is 1. The maximum atomic E-state index is 13.5. The van der Waals surface area contributed by atoms with Gasteiger partial charge in [-0.2, -0.15) is 0 Å². The molecule has 3 aromatic carbocycles. The summed E-state index contributed by atoms with van der Waals surface area (Å²) < 4.78 is 12.0. The van der Waals surface area contributed by atoms with E-state index in [-0.39, 0.29) is 5.78 Å². The molecule has 0 spiro atoms. The van der Waals surface area contributed by atoms with Crippen LogP contribution < -0.4 is 4.74 Å². The van der Waals surface area contributed by atoms with Gasteiger partial charge in [-0.05, 0) is 61.6 Å². The van der Waals surface area contributed by atoms with Gasteiger partial charge in [-0.25, -0.2) is 0 Å². The Bertz CT molecular complexity index is 1240. The van der Waals surface area contributed by atoms with Crippen LogP contribution in [0.2, 0.25) is 10.0 Å². The molecule has 0 aliphatic carbocycles. The van der Waals surface area contributed by atoms with Crippen molar-refractivity contribution < 1.29 is 13.9 Å². The van der Waals surface area contributed by atoms with Gasteiger partial charge in [-0.3, -0.25) is 4.79 Å². The number of fused-ring (bicyclic) bond motifs is 1. The molecule has 0 bridgehead atoms. The van der Waals surface area contributed by atoms with E-state index in [1.165, 1.54) is 0 Å². The van der Waals surface area contributed by atoms with Crippen LogP contribution in [0.15, 0.2) is 71.1 Å². The molecule has 33 heavy (non-hydrogen) atoms. The number of nitrogens with zero attached hydrogens (tertiary/aromatic N) is 1. The van der Waals surface area contributed by atoms with E-state index in [2.05, 4.69) is 18.7 Å². The van der Waals surface area contributed by atoms with Crippen LogP contribution in [-0.4, -0.2) is 36.9 Å². The van der Waals surface area contributed by atoms with Gasteiger partial charge in [-0.15, -0.1) is 0 Å². The van der Waals surface area contributed by atoms with E-state index in [4.69, 9.17) is 32.4 Å². The minimum Gasteiger partial charge on any atom is -0.492 e. The molecule has 0 saturated heterocycles. The van der Waals surface area contributed by atoms with Crippen molar-refractivity contribution in [2.24, 2.45) is 0 Å². The third kappa shape index (κ3) is 5.25. The van der Waals surface area contributed by atoms with Gasteiger partial charge in [0.1, 0.15) is 23.7 Å². The summed E-state index contributed by atoms with van der Waals surface area (Å²) in [5.74, 6) is 1.09. The molecule has 1 heterocycles. The summed E-state index contributed by atoms with van der Waals surface area (Å²) in [6.07, 6.45) is 0. The van der Waals surface area contributed by atoms with Gasteiger partial charge in [0.2, 0.25) is 0 Å². The van der Waals surface area contributed by atoms with Crippen LogP contribution in [0, 0.1) is 0 Å². The van der Waals surface area contributed by atoms with Gasteiger partial charge in [0.05, 0.1) is 5.56 Å². The minimum absolute atomic E-state index is 0.195. The van der Waals surface area contributed by atoms with Crippen LogP contribution in [0.5, 0.6) is 5.75 Å². The molecule has 0 aliphatic heterocycles. The molecule has 1 aromatic heterocycles. The molecule has 0 unspecified atom stereocenters. The van der Waals surface area contributed by atoms with Crippen molar-refractivity contribution in [2.45, 2.75) is 13.8 Å². The lowest BCUT2D eigenvalue weighted by atomic mass is 9.97. The van der Waals surface area contributed by atoms with Crippen molar-refractivity contribution in [3.05, 3.63) is 87.9 Å². The van der Waals surface area contributed by atoms with E-state index in [0.717, 1.165) is 36.3 Å². The molecule has 0 amide bonds. The molecular formula is C27H25Cl2NO3. The standard InChI is InChI=1S/C27H25Cl2NO3/c1-3-30(4-2)13-14-32-22-11-9-18(10-12-22)27-25(23-7-5-6-8-24(23)33-27)26(31)19-15-20(28)17-21(29)16-19/h5-12,15-17H,3-4,13-14H2,1-2H3. The summed E-state index contributed by atoms with van der Waals surface area (Å²) in [5.41, 5.74) is 2.33. The number of furan rings is 1. The fourth-order valence-electron chi connectivity index (χ4n) is 3.84. The number of rotatable bonds is 9. The van der Waals surface area contributed by atoms with E-state index in [1.807, 2.05) is 48.5 Å². The van der Waals surface area contributed by atoms with Crippen LogP contribution in [-0.2, 0) is 0 Å². The van der Waals surface area contributed by atoms with Crippen molar-refractivity contribution in [3.8, 4) is 17.1 Å². The topological polar surface area (TPSA) is 42.7 Å². The molecular weight excluding hydrogens is 457 g/mol. The van der Waals surface area contributed by atoms with E-state index >= 15 is 0 Å². The smallest absolute Gasteiger partial charge is 0.197 e. The third-order valence-electron chi connectivity index (χ3n) is 5.63. The molecule has 0 fully saturated rings. The molecule has 0 aliphatic rings. The first-order chi connectivity index (χ1) is 16.0. The Kier molecular flexibility index (Phi) is 7.39. The molecule has 4 aromatic rings. The average Bonchev–Trinajstić information content (AvgIpc) is 3.21. The van der Waals surface area contributed by atoms with E-state index in [9.17, 15) is 4.79 Å². The highest BCUT2D eigenvalue weighted by atomic mass is 35.5. The van der Waals surface area contributed by atoms with Crippen molar-refractivity contribution >= 4 is 40.0 Å². The lowest BCUT2D eigenvalue weighted by Crippen LogP contribution is -2.27. The first-order valence-corrected chi connectivity index (χ1v) is 11.7. The number of hydrogen-bond acceptors (Lipinski definition) is 4. The molecule has 0 N–H and O–H groups in total. The Labute approximate surface area is 203 Å². The Hall–Kier alpha value is -2.79. The predicted molar refractivity (Wildman–Crippen MR) is 135 cm³/mol. The summed E-state index contributed by atoms with van der Waals surface area (Å²) >= 11 is 12.3. The second kappa shape index (κ2) is 10.4. The van der Waals surface area contributed by atoms with Crippen molar-refractivity contribution in [2.75, 3.05) is 26.2 Å². The molecule has 6 heteroatoms. The zero-order valence-electron chi connectivity index (χ0n) is 18.6. The van der Waals surface area contributed by atoms with E-state index < -0.39 is 0 Å². The monoisotopic (exact) mass is 481 g/mol. The van der Waals surface area contributed by atoms with E-state index in [1.54, 1.807) is 18.2 Å². The summed E-state index contributed by atoms with van der Waals surface area (Å²) in [5, 5.41) is 1.56. The SMILES string of the molecule is CCN(CC)CCOc1ccc(-c2oc3ccccc3c2C(=O)c2cc(Cl)cc(Cl)c2)cc1. The van der Waals surface area contributed by atoms with Gasteiger partial charge >= 0.3 is 0 Å². The Morgan fingerprint density at radius 1 is 0.939 bits per heavy atom. The maximum Gasteiger partial charge on any atom is 0.197 e. The summed E-state index contributed by atoms with van der Waals surface area (Å²) in [7, 11) is 0. The molecule has 4 nitrogen and oxygen atoms in total. The molecule has 170 valence electrons. The minimum atomic E-state index is -0.195. The van der Waals surface area contributed by atoms with Crippen LogP contribution in [0.1, 0.15) is 29.8 Å². The van der Waals surface area contributed by atoms with Crippen molar-refractivity contribution in [1.29, 1.82) is 0 Å². The van der Waals surface area contributed by atoms with Crippen LogP contribution in [0.25, 0.3) is 22.3 Å². The quantitative estimate of drug-likeness (QED) is 0.234. The van der Waals surface area contributed by atoms with Gasteiger partial charge in [0.15, 0.2) is 5.78 Å². The number of likely N-dealkylation sites (N-methyl/N-ethyl adjacent to an activating group) is 1. The molecule has 4 rings (SSSR count). The predicted octanol–water partition coefficient (Wildman–Crippen LogP) is 7.36. The first-order valence-electron chi connectivity index (χ1n) is 11.0. The summed E-state index contributed by atoms with van der Waals surface area (Å²) in [6, 6.07) is 20.0. The highest BCUT2D eigenvalue weighted by Crippen LogP contribution is 2.36. The fourth-order valence-corrected chi connectivity index (χ4v) is 4.36. The summed E-state index contributed by atoms with van der Waals surface area (Å²) in [4.78, 5) is 15.9. The van der Waals surface area contributed by atoms with Crippen molar-refractivity contribution in [1.82, 2.24) is 4.90 Å². The number of ketones is 1. The normalized spacial score (nSPS) is 11.3. The Morgan fingerprint density at radius 2 is 1.61 bits per heavy atom. The van der Waals surface area contributed by atoms with Gasteiger partial charge in [-0.1, -0.05) is 55.2 Å². The van der Waals surface area contributed by atoms with E-state index in [0.29, 0.717) is 39.1 Å². The number of benzene rings is 3. The first kappa shape index (κ1) is 23.4. The molecule has 0 radical (unpaired) electrons. The number of carbonyl (C=O) groups excluding carboxylic acids is 1. The average molecular weight is 482 g/mol. The van der Waals surface area contributed by atoms with Crippen LogP contribution in [0.3, 0.4) is 0 Å². The van der Waals surface area contributed by atoms with Gasteiger partial charge in [0, 0.05) is 33.1 Å². The molecule has 0 saturated carbocycles. The van der Waals surface area contributed by atoms with Crippen LogP contribution in [0.4, 0.5) is 0 Å². The third-order valence-corrected chi connectivity index (χ3v) is 6.07. The number of ether oxygens (including phenoxy) is 1. The molecule has 0 atom stereocenters. The lowest BCUT2D eigenvalue weighted by molar-refractivity contribution is 0.104. The fraction of sp³-hybridized carbons (Fsp3) is 0.222. The van der Waals surface area contributed by atoms with Gasteiger partial charge in [0.25, 0.3) is 0 Å². The maximum absolute atomic E-state index is 13.5. The lowest BCUT2D eigenvalue weighted by Gasteiger charge is -2.18. The van der Waals surface area contributed by atoms with Gasteiger partial charge < -0.3 is 14.1 Å². The zero-order valence-corrected chi connectivity index (χ0v) is 20.1. The number of halogens is 2. The van der Waals surface area contributed by atoms with Crippen LogP contribution >= 0.6 is 23.2 Å². The highest BCUT2D eigenvalue weighted by molar-refractivity contribution is 6.35. The zero-order chi connectivity index (χ0) is 23.4. The largest absolute Gasteiger partial charge is 0.492 e.